The second-order valence-corrected chi connectivity index (χ2v) is 3.61. The van der Waals surface area contributed by atoms with Crippen molar-refractivity contribution >= 4 is 17.7 Å². The molecule has 0 fully saturated rings. The molecule has 0 bridgehead atoms. The first-order valence-electron chi connectivity index (χ1n) is 3.95. The Labute approximate surface area is 78.5 Å². The van der Waals surface area contributed by atoms with Crippen LogP contribution in [-0.4, -0.2) is 50.1 Å². The third-order valence-electron chi connectivity index (χ3n) is 1.60. The maximum Gasteiger partial charge on any atom is 0.306 e. The fourth-order valence-corrected chi connectivity index (χ4v) is 1.24. The van der Waals surface area contributed by atoms with Gasteiger partial charge < -0.3 is 9.64 Å². The summed E-state index contributed by atoms with van der Waals surface area (Å²) in [5.74, 6) is 0.975. The third kappa shape index (κ3) is 6.49. The Morgan fingerprint density at radius 1 is 1.50 bits per heavy atom. The van der Waals surface area contributed by atoms with Crippen LogP contribution in [0.1, 0.15) is 6.42 Å². The highest BCUT2D eigenvalue weighted by atomic mass is 32.2. The maximum absolute atomic E-state index is 10.7. The quantitative estimate of drug-likeness (QED) is 0.582. The number of hydrogen-bond donors (Lipinski definition) is 0. The smallest absolute Gasteiger partial charge is 0.306 e. The molecule has 12 heavy (non-hydrogen) atoms. The molecule has 0 aliphatic rings. The summed E-state index contributed by atoms with van der Waals surface area (Å²) in [6.45, 7) is 1.81. The number of methoxy groups -OCH3 is 1. The number of thioether (sulfide) groups is 1. The third-order valence-corrected chi connectivity index (χ3v) is 2.19. The lowest BCUT2D eigenvalue weighted by Gasteiger charge is -2.14. The summed E-state index contributed by atoms with van der Waals surface area (Å²) in [7, 11) is 3.43. The van der Waals surface area contributed by atoms with Crippen LogP contribution in [-0.2, 0) is 9.53 Å². The van der Waals surface area contributed by atoms with Gasteiger partial charge in [-0.15, -0.1) is 0 Å². The molecule has 0 aromatic rings. The Bertz CT molecular complexity index is 130. The number of nitrogens with zero attached hydrogens (tertiary/aromatic N) is 1. The van der Waals surface area contributed by atoms with Crippen LogP contribution in [0.25, 0.3) is 0 Å². The summed E-state index contributed by atoms with van der Waals surface area (Å²) in [6.07, 6.45) is 2.57. The molecule has 0 heterocycles. The SMILES string of the molecule is COC(=O)CCN(C)CCSC. The second-order valence-electron chi connectivity index (χ2n) is 2.62. The van der Waals surface area contributed by atoms with E-state index < -0.39 is 0 Å². The standard InChI is InChI=1S/C8H17NO2S/c1-9(6-7-12-3)5-4-8(10)11-2/h4-7H2,1-3H3. The first-order valence-corrected chi connectivity index (χ1v) is 5.34. The van der Waals surface area contributed by atoms with Crippen molar-refractivity contribution in [3.05, 3.63) is 0 Å². The minimum absolute atomic E-state index is 0.133. The van der Waals surface area contributed by atoms with Crippen LogP contribution < -0.4 is 0 Å². The van der Waals surface area contributed by atoms with Gasteiger partial charge in [-0.2, -0.15) is 11.8 Å². The number of rotatable bonds is 6. The summed E-state index contributed by atoms with van der Waals surface area (Å²) in [6, 6.07) is 0. The highest BCUT2D eigenvalue weighted by Gasteiger charge is 2.02. The summed E-state index contributed by atoms with van der Waals surface area (Å²) in [5.41, 5.74) is 0. The Kier molecular flexibility index (Phi) is 7.29. The molecular formula is C8H17NO2S. The highest BCUT2D eigenvalue weighted by Crippen LogP contribution is 1.94. The zero-order valence-electron chi connectivity index (χ0n) is 8.00. The van der Waals surface area contributed by atoms with Crippen molar-refractivity contribution in [2.75, 3.05) is 39.3 Å². The average molecular weight is 191 g/mol. The van der Waals surface area contributed by atoms with E-state index in [4.69, 9.17) is 0 Å². The molecule has 0 atom stereocenters. The lowest BCUT2D eigenvalue weighted by atomic mass is 10.4. The minimum Gasteiger partial charge on any atom is -0.469 e. The minimum atomic E-state index is -0.133. The van der Waals surface area contributed by atoms with Crippen LogP contribution in [0, 0.1) is 0 Å². The lowest BCUT2D eigenvalue weighted by molar-refractivity contribution is -0.140. The molecule has 0 aromatic carbocycles. The molecule has 0 spiro atoms. The molecule has 0 N–H and O–H groups in total. The molecule has 3 nitrogen and oxygen atoms in total. The van der Waals surface area contributed by atoms with Crippen molar-refractivity contribution in [3.8, 4) is 0 Å². The molecule has 0 saturated carbocycles. The van der Waals surface area contributed by atoms with Crippen molar-refractivity contribution in [1.82, 2.24) is 4.90 Å². The van der Waals surface area contributed by atoms with E-state index in [0.717, 1.165) is 18.8 Å². The summed E-state index contributed by atoms with van der Waals surface area (Å²) in [5, 5.41) is 0. The van der Waals surface area contributed by atoms with E-state index >= 15 is 0 Å². The molecule has 0 radical (unpaired) electrons. The van der Waals surface area contributed by atoms with Crippen LogP contribution in [0.2, 0.25) is 0 Å². The van der Waals surface area contributed by atoms with E-state index in [1.807, 2.05) is 18.8 Å². The van der Waals surface area contributed by atoms with Gasteiger partial charge in [0.2, 0.25) is 0 Å². The van der Waals surface area contributed by atoms with Gasteiger partial charge in [-0.25, -0.2) is 0 Å². The normalized spacial score (nSPS) is 10.3. The van der Waals surface area contributed by atoms with Gasteiger partial charge in [0, 0.05) is 18.8 Å². The van der Waals surface area contributed by atoms with Gasteiger partial charge in [0.15, 0.2) is 0 Å². The van der Waals surface area contributed by atoms with Crippen LogP contribution in [0.3, 0.4) is 0 Å². The van der Waals surface area contributed by atoms with Crippen LogP contribution in [0.4, 0.5) is 0 Å². The van der Waals surface area contributed by atoms with Crippen LogP contribution >= 0.6 is 11.8 Å². The molecule has 0 unspecified atom stereocenters. The largest absolute Gasteiger partial charge is 0.469 e. The molecule has 4 heteroatoms. The molecule has 0 amide bonds. The fourth-order valence-electron chi connectivity index (χ4n) is 0.743. The molecule has 72 valence electrons. The van der Waals surface area contributed by atoms with Gasteiger partial charge in [0.05, 0.1) is 13.5 Å². The Morgan fingerprint density at radius 2 is 2.17 bits per heavy atom. The van der Waals surface area contributed by atoms with Crippen molar-refractivity contribution in [3.63, 3.8) is 0 Å². The molecule has 0 saturated heterocycles. The maximum atomic E-state index is 10.7. The predicted octanol–water partition coefficient (Wildman–Crippen LogP) is 0.844. The average Bonchev–Trinajstić information content (AvgIpc) is 2.10. The number of hydrogen-bond acceptors (Lipinski definition) is 4. The number of carbonyl (C=O) groups excluding carboxylic acids is 1. The van der Waals surface area contributed by atoms with Crippen LogP contribution in [0.15, 0.2) is 0 Å². The second kappa shape index (κ2) is 7.43. The monoisotopic (exact) mass is 191 g/mol. The highest BCUT2D eigenvalue weighted by molar-refractivity contribution is 7.98. The first kappa shape index (κ1) is 11.8. The van der Waals surface area contributed by atoms with E-state index in [1.54, 1.807) is 0 Å². The summed E-state index contributed by atoms with van der Waals surface area (Å²) < 4.78 is 4.53. The summed E-state index contributed by atoms with van der Waals surface area (Å²) in [4.78, 5) is 12.9. The van der Waals surface area contributed by atoms with Crippen molar-refractivity contribution in [1.29, 1.82) is 0 Å². The fraction of sp³-hybridized carbons (Fsp3) is 0.875. The summed E-state index contributed by atoms with van der Waals surface area (Å²) >= 11 is 1.81. The van der Waals surface area contributed by atoms with E-state index in [-0.39, 0.29) is 5.97 Å². The zero-order valence-corrected chi connectivity index (χ0v) is 8.82. The first-order chi connectivity index (χ1) is 5.70. The molecule has 0 rings (SSSR count). The van der Waals surface area contributed by atoms with Crippen molar-refractivity contribution in [2.45, 2.75) is 6.42 Å². The van der Waals surface area contributed by atoms with E-state index in [1.165, 1.54) is 7.11 Å². The zero-order chi connectivity index (χ0) is 9.40. The molecule has 0 aliphatic heterocycles. The lowest BCUT2D eigenvalue weighted by Crippen LogP contribution is -2.24. The molecular weight excluding hydrogens is 174 g/mol. The van der Waals surface area contributed by atoms with Gasteiger partial charge in [0.25, 0.3) is 0 Å². The Morgan fingerprint density at radius 3 is 2.67 bits per heavy atom. The van der Waals surface area contributed by atoms with Crippen molar-refractivity contribution < 1.29 is 9.53 Å². The van der Waals surface area contributed by atoms with Gasteiger partial charge >= 0.3 is 5.97 Å². The molecule has 0 aromatic heterocycles. The van der Waals surface area contributed by atoms with E-state index in [9.17, 15) is 4.79 Å². The van der Waals surface area contributed by atoms with Gasteiger partial charge in [-0.3, -0.25) is 4.79 Å². The topological polar surface area (TPSA) is 29.5 Å². The predicted molar refractivity (Wildman–Crippen MR) is 52.5 cm³/mol. The van der Waals surface area contributed by atoms with Gasteiger partial charge in [0.1, 0.15) is 0 Å². The van der Waals surface area contributed by atoms with E-state index in [0.29, 0.717) is 6.42 Å². The molecule has 0 aliphatic carbocycles. The van der Waals surface area contributed by atoms with Crippen LogP contribution in [0.5, 0.6) is 0 Å². The Hall–Kier alpha value is -0.220. The number of ether oxygens (including phenoxy) is 1. The number of carbonyl (C=O) groups is 1. The van der Waals surface area contributed by atoms with Gasteiger partial charge in [-0.1, -0.05) is 0 Å². The van der Waals surface area contributed by atoms with Crippen molar-refractivity contribution in [2.24, 2.45) is 0 Å². The van der Waals surface area contributed by atoms with E-state index in [2.05, 4.69) is 15.9 Å². The van der Waals surface area contributed by atoms with Gasteiger partial charge in [-0.05, 0) is 13.3 Å². The Balaban J connectivity index is 3.30. The number of esters is 1.